The molecule has 0 aromatic carbocycles. The molecule has 21 heavy (non-hydrogen) atoms. The van der Waals surface area contributed by atoms with Gasteiger partial charge in [0.05, 0.1) is 0 Å². The number of hydrazine groups is 1. The van der Waals surface area contributed by atoms with Gasteiger partial charge < -0.3 is 4.90 Å². The monoisotopic (exact) mass is 306 g/mol. The quantitative estimate of drug-likeness (QED) is 0.768. The third-order valence-corrected chi connectivity index (χ3v) is 3.62. The van der Waals surface area contributed by atoms with Crippen molar-refractivity contribution in [1.29, 1.82) is 0 Å². The molecule has 9 heteroatoms. The first-order valence-corrected chi connectivity index (χ1v) is 6.62. The number of rotatable bonds is 2. The maximum absolute atomic E-state index is 12.4. The van der Waals surface area contributed by atoms with Crippen molar-refractivity contribution >= 4 is 11.8 Å². The van der Waals surface area contributed by atoms with E-state index in [1.54, 1.807) is 4.90 Å². The summed E-state index contributed by atoms with van der Waals surface area (Å²) in [5, 5.41) is 1.10. The number of hydrogen-bond donors (Lipinski definition) is 1. The molecular weight excluding hydrogens is 289 g/mol. The molecule has 0 aliphatic carbocycles. The average Bonchev–Trinajstić information content (AvgIpc) is 2.87. The summed E-state index contributed by atoms with van der Waals surface area (Å²) >= 11 is 0. The molecule has 0 atom stereocenters. The number of nitrogens with one attached hydrogen (secondary N) is 1. The van der Waals surface area contributed by atoms with Crippen LogP contribution in [0.2, 0.25) is 0 Å². The lowest BCUT2D eigenvalue weighted by Gasteiger charge is -2.31. The molecule has 1 N–H and O–H groups in total. The standard InChI is InChI=1S/C12H17F3N4O2/c1-9(20)17-4-2-10(3-5-17)11(21)16-19-7-6-18(8-19)12(13,14)15/h6-7,10H,2-5,8H2,1H3,(H,16,21). The molecule has 0 radical (unpaired) electrons. The third kappa shape index (κ3) is 3.79. The van der Waals surface area contributed by atoms with Crippen LogP contribution in [0.3, 0.4) is 0 Å². The smallest absolute Gasteiger partial charge is 0.343 e. The second-order valence-corrected chi connectivity index (χ2v) is 5.10. The van der Waals surface area contributed by atoms with Gasteiger partial charge in [-0.15, -0.1) is 0 Å². The van der Waals surface area contributed by atoms with Crippen molar-refractivity contribution in [2.75, 3.05) is 19.8 Å². The van der Waals surface area contributed by atoms with Crippen molar-refractivity contribution in [3.63, 3.8) is 0 Å². The molecule has 2 heterocycles. The summed E-state index contributed by atoms with van der Waals surface area (Å²) in [6.07, 6.45) is -1.37. The minimum absolute atomic E-state index is 0.0304. The fraction of sp³-hybridized carbons (Fsp3) is 0.667. The van der Waals surface area contributed by atoms with Crippen LogP contribution in [0.5, 0.6) is 0 Å². The van der Waals surface area contributed by atoms with Crippen molar-refractivity contribution < 1.29 is 22.8 Å². The van der Waals surface area contributed by atoms with Crippen molar-refractivity contribution in [2.45, 2.75) is 26.1 Å². The lowest BCUT2D eigenvalue weighted by atomic mass is 9.96. The Morgan fingerprint density at radius 2 is 1.81 bits per heavy atom. The van der Waals surface area contributed by atoms with Crippen LogP contribution in [0.1, 0.15) is 19.8 Å². The highest BCUT2D eigenvalue weighted by atomic mass is 19.4. The van der Waals surface area contributed by atoms with Crippen molar-refractivity contribution in [3.05, 3.63) is 12.4 Å². The van der Waals surface area contributed by atoms with Gasteiger partial charge in [-0.1, -0.05) is 0 Å². The Morgan fingerprint density at radius 1 is 1.19 bits per heavy atom. The van der Waals surface area contributed by atoms with Gasteiger partial charge in [0.25, 0.3) is 0 Å². The fourth-order valence-electron chi connectivity index (χ4n) is 2.35. The topological polar surface area (TPSA) is 55.9 Å². The van der Waals surface area contributed by atoms with Gasteiger partial charge in [-0.05, 0) is 12.8 Å². The number of amides is 2. The minimum Gasteiger partial charge on any atom is -0.343 e. The van der Waals surface area contributed by atoms with Crippen molar-refractivity contribution in [1.82, 2.24) is 20.2 Å². The molecular formula is C12H17F3N4O2. The molecule has 0 unspecified atom stereocenters. The number of piperidine rings is 1. The molecule has 2 rings (SSSR count). The van der Waals surface area contributed by atoms with Crippen LogP contribution >= 0.6 is 0 Å². The third-order valence-electron chi connectivity index (χ3n) is 3.62. The van der Waals surface area contributed by atoms with E-state index in [1.807, 2.05) is 0 Å². The van der Waals surface area contributed by atoms with Gasteiger partial charge in [-0.2, -0.15) is 13.2 Å². The molecule has 0 bridgehead atoms. The van der Waals surface area contributed by atoms with Crippen LogP contribution in [-0.4, -0.2) is 52.7 Å². The Morgan fingerprint density at radius 3 is 2.29 bits per heavy atom. The lowest BCUT2D eigenvalue weighted by Crippen LogP contribution is -2.48. The van der Waals surface area contributed by atoms with E-state index in [0.29, 0.717) is 25.9 Å². The zero-order valence-electron chi connectivity index (χ0n) is 11.6. The molecule has 6 nitrogen and oxygen atoms in total. The van der Waals surface area contributed by atoms with Crippen molar-refractivity contribution in [2.24, 2.45) is 5.92 Å². The number of likely N-dealkylation sites (tertiary alicyclic amines) is 1. The van der Waals surface area contributed by atoms with Gasteiger partial charge in [0.15, 0.2) is 0 Å². The second-order valence-electron chi connectivity index (χ2n) is 5.10. The highest BCUT2D eigenvalue weighted by Gasteiger charge is 2.38. The maximum atomic E-state index is 12.4. The highest BCUT2D eigenvalue weighted by Crippen LogP contribution is 2.24. The van der Waals surface area contributed by atoms with E-state index in [2.05, 4.69) is 5.43 Å². The molecule has 0 saturated carbocycles. The Bertz CT molecular complexity index is 444. The van der Waals surface area contributed by atoms with Gasteiger partial charge >= 0.3 is 6.30 Å². The summed E-state index contributed by atoms with van der Waals surface area (Å²) in [6.45, 7) is 2.01. The van der Waals surface area contributed by atoms with Crippen LogP contribution in [0.25, 0.3) is 0 Å². The van der Waals surface area contributed by atoms with E-state index in [-0.39, 0.29) is 22.6 Å². The Balaban J connectivity index is 1.79. The minimum atomic E-state index is -4.46. The van der Waals surface area contributed by atoms with Crippen molar-refractivity contribution in [3.8, 4) is 0 Å². The highest BCUT2D eigenvalue weighted by molar-refractivity contribution is 5.79. The molecule has 1 saturated heterocycles. The van der Waals surface area contributed by atoms with Gasteiger partial charge in [-0.3, -0.25) is 24.9 Å². The number of nitrogens with zero attached hydrogens (tertiary/aromatic N) is 3. The summed E-state index contributed by atoms with van der Waals surface area (Å²) in [5.41, 5.74) is 2.46. The number of carbonyl (C=O) groups excluding carboxylic acids is 2. The van der Waals surface area contributed by atoms with E-state index in [0.717, 1.165) is 11.2 Å². The summed E-state index contributed by atoms with van der Waals surface area (Å²) < 4.78 is 37.3. The number of carbonyl (C=O) groups is 2. The van der Waals surface area contributed by atoms with Crippen LogP contribution in [0, 0.1) is 5.92 Å². The summed E-state index contributed by atoms with van der Waals surface area (Å²) in [5.74, 6) is -0.627. The molecule has 118 valence electrons. The number of halogens is 3. The van der Waals surface area contributed by atoms with Gasteiger partial charge in [-0.25, -0.2) is 0 Å². The van der Waals surface area contributed by atoms with Crippen LogP contribution < -0.4 is 5.43 Å². The largest absolute Gasteiger partial charge is 0.485 e. The molecule has 2 aliphatic heterocycles. The summed E-state index contributed by atoms with van der Waals surface area (Å²) in [4.78, 5) is 25.0. The van der Waals surface area contributed by atoms with E-state index in [4.69, 9.17) is 0 Å². The first kappa shape index (κ1) is 15.5. The Hall–Kier alpha value is -1.93. The fourth-order valence-corrected chi connectivity index (χ4v) is 2.35. The zero-order valence-corrected chi connectivity index (χ0v) is 11.6. The molecule has 2 aliphatic rings. The maximum Gasteiger partial charge on any atom is 0.485 e. The summed E-state index contributed by atoms with van der Waals surface area (Å²) in [7, 11) is 0. The molecule has 0 aromatic rings. The lowest BCUT2D eigenvalue weighted by molar-refractivity contribution is -0.231. The SMILES string of the molecule is CC(=O)N1CCC(C(=O)NN2C=CN(C(F)(F)F)C2)CC1. The molecule has 0 spiro atoms. The molecule has 2 amide bonds. The van der Waals surface area contributed by atoms with E-state index < -0.39 is 13.0 Å². The van der Waals surface area contributed by atoms with E-state index in [9.17, 15) is 22.8 Å². The normalized spacial score (nSPS) is 20.1. The van der Waals surface area contributed by atoms with Gasteiger partial charge in [0.2, 0.25) is 11.8 Å². The first-order valence-electron chi connectivity index (χ1n) is 6.62. The molecule has 0 aromatic heterocycles. The Kier molecular flexibility index (Phi) is 4.29. The predicted molar refractivity (Wildman–Crippen MR) is 66.9 cm³/mol. The number of hydrogen-bond acceptors (Lipinski definition) is 4. The van der Waals surface area contributed by atoms with Crippen LogP contribution in [-0.2, 0) is 9.59 Å². The molecule has 1 fully saturated rings. The van der Waals surface area contributed by atoms with Gasteiger partial charge in [0, 0.05) is 38.3 Å². The second kappa shape index (κ2) is 5.82. The van der Waals surface area contributed by atoms with Crippen LogP contribution in [0.4, 0.5) is 13.2 Å². The predicted octanol–water partition coefficient (Wildman–Crippen LogP) is 0.842. The number of alkyl halides is 3. The first-order chi connectivity index (χ1) is 9.77. The van der Waals surface area contributed by atoms with E-state index >= 15 is 0 Å². The summed E-state index contributed by atoms with van der Waals surface area (Å²) in [6, 6.07) is 0. The van der Waals surface area contributed by atoms with Crippen LogP contribution in [0.15, 0.2) is 12.4 Å². The van der Waals surface area contributed by atoms with Gasteiger partial charge in [0.1, 0.15) is 6.67 Å². The van der Waals surface area contributed by atoms with E-state index in [1.165, 1.54) is 13.1 Å². The average molecular weight is 306 g/mol. The Labute approximate surface area is 120 Å². The zero-order chi connectivity index (χ0) is 15.6.